The number of nitrogens with zero attached hydrogens (tertiary/aromatic N) is 4. The summed E-state index contributed by atoms with van der Waals surface area (Å²) < 4.78 is 15.0. The van der Waals surface area contributed by atoms with Crippen molar-refractivity contribution < 1.29 is 9.18 Å². The molecule has 0 spiro atoms. The van der Waals surface area contributed by atoms with Crippen molar-refractivity contribution in [1.29, 1.82) is 0 Å². The third-order valence-corrected chi connectivity index (χ3v) is 5.65. The summed E-state index contributed by atoms with van der Waals surface area (Å²) in [5.41, 5.74) is 3.09. The maximum Gasteiger partial charge on any atom is 0.272 e. The van der Waals surface area contributed by atoms with E-state index < -0.39 is 0 Å². The Morgan fingerprint density at radius 2 is 2.07 bits per heavy atom. The standard InChI is InChI=1S/C21H19FN4OS/c1-3-18(15-5-4-10-23-11-15)25(2)20(27)19-13-28-21-24-17(12-26(19)21)14-6-8-16(22)9-7-14/h4-13,18H,3H2,1-2H3. The molecule has 0 fully saturated rings. The molecule has 0 N–H and O–H groups in total. The van der Waals surface area contributed by atoms with E-state index in [-0.39, 0.29) is 17.8 Å². The van der Waals surface area contributed by atoms with Crippen LogP contribution in [0.5, 0.6) is 0 Å². The van der Waals surface area contributed by atoms with E-state index in [1.807, 2.05) is 30.8 Å². The molecule has 0 aliphatic rings. The average molecular weight is 394 g/mol. The van der Waals surface area contributed by atoms with Crippen molar-refractivity contribution in [2.75, 3.05) is 7.05 Å². The zero-order chi connectivity index (χ0) is 19.7. The number of carbonyl (C=O) groups excluding carboxylic acids is 1. The lowest BCUT2D eigenvalue weighted by atomic mass is 10.1. The Hall–Kier alpha value is -3.06. The summed E-state index contributed by atoms with van der Waals surface area (Å²) >= 11 is 1.41. The Labute approximate surface area is 166 Å². The predicted molar refractivity (Wildman–Crippen MR) is 108 cm³/mol. The summed E-state index contributed by atoms with van der Waals surface area (Å²) in [7, 11) is 1.81. The van der Waals surface area contributed by atoms with E-state index in [2.05, 4.69) is 16.9 Å². The van der Waals surface area contributed by atoms with Gasteiger partial charge in [0.25, 0.3) is 5.91 Å². The highest BCUT2D eigenvalue weighted by Crippen LogP contribution is 2.27. The van der Waals surface area contributed by atoms with Crippen molar-refractivity contribution in [2.24, 2.45) is 0 Å². The number of aromatic nitrogens is 3. The van der Waals surface area contributed by atoms with E-state index in [1.165, 1.54) is 23.5 Å². The second kappa shape index (κ2) is 7.52. The van der Waals surface area contributed by atoms with E-state index in [0.717, 1.165) is 22.5 Å². The molecule has 3 aromatic heterocycles. The molecule has 0 aliphatic heterocycles. The van der Waals surface area contributed by atoms with Gasteiger partial charge in [-0.15, -0.1) is 11.3 Å². The van der Waals surface area contributed by atoms with Crippen molar-refractivity contribution in [1.82, 2.24) is 19.3 Å². The van der Waals surface area contributed by atoms with Crippen molar-refractivity contribution in [3.8, 4) is 11.3 Å². The Balaban J connectivity index is 1.66. The first kappa shape index (κ1) is 18.3. The third kappa shape index (κ3) is 3.29. The molecule has 3 heterocycles. The summed E-state index contributed by atoms with van der Waals surface area (Å²) in [5.74, 6) is -0.367. The average Bonchev–Trinajstić information content (AvgIpc) is 3.30. The lowest BCUT2D eigenvalue weighted by Crippen LogP contribution is -2.31. The number of rotatable bonds is 5. The van der Waals surface area contributed by atoms with Crippen LogP contribution in [0.2, 0.25) is 0 Å². The summed E-state index contributed by atoms with van der Waals surface area (Å²) in [5, 5.41) is 1.82. The van der Waals surface area contributed by atoms with Crippen molar-refractivity contribution in [3.05, 3.63) is 77.4 Å². The number of thiazole rings is 1. The minimum Gasteiger partial charge on any atom is -0.333 e. The topological polar surface area (TPSA) is 50.5 Å². The van der Waals surface area contributed by atoms with Gasteiger partial charge in [0.05, 0.1) is 11.7 Å². The van der Waals surface area contributed by atoms with Gasteiger partial charge in [-0.05, 0) is 42.3 Å². The number of amides is 1. The minimum absolute atomic E-state index is 0.0590. The molecule has 1 unspecified atom stereocenters. The Morgan fingerprint density at radius 3 is 2.75 bits per heavy atom. The highest BCUT2D eigenvalue weighted by Gasteiger charge is 2.24. The number of hydrogen-bond acceptors (Lipinski definition) is 4. The lowest BCUT2D eigenvalue weighted by Gasteiger charge is -2.27. The first-order chi connectivity index (χ1) is 13.6. The van der Waals surface area contributed by atoms with Crippen LogP contribution < -0.4 is 0 Å². The van der Waals surface area contributed by atoms with Crippen LogP contribution in [-0.4, -0.2) is 32.2 Å². The van der Waals surface area contributed by atoms with Gasteiger partial charge in [-0.1, -0.05) is 13.0 Å². The summed E-state index contributed by atoms with van der Waals surface area (Å²) in [4.78, 5) is 24.4. The zero-order valence-electron chi connectivity index (χ0n) is 15.5. The molecule has 0 saturated carbocycles. The SMILES string of the molecule is CCC(c1cccnc1)N(C)C(=O)c1csc2nc(-c3ccc(F)cc3)cn12. The number of fused-ring (bicyclic) bond motifs is 1. The number of imidazole rings is 1. The van der Waals surface area contributed by atoms with E-state index in [1.54, 1.807) is 33.8 Å². The lowest BCUT2D eigenvalue weighted by molar-refractivity contribution is 0.0719. The normalized spacial score (nSPS) is 12.2. The Kier molecular flexibility index (Phi) is 4.92. The number of hydrogen-bond donors (Lipinski definition) is 0. The maximum atomic E-state index is 13.2. The zero-order valence-corrected chi connectivity index (χ0v) is 16.4. The molecule has 1 atom stereocenters. The smallest absolute Gasteiger partial charge is 0.272 e. The van der Waals surface area contributed by atoms with Gasteiger partial charge in [0.2, 0.25) is 0 Å². The molecule has 28 heavy (non-hydrogen) atoms. The molecule has 7 heteroatoms. The van der Waals surface area contributed by atoms with E-state index in [4.69, 9.17) is 0 Å². The number of halogens is 1. The van der Waals surface area contributed by atoms with Gasteiger partial charge in [0, 0.05) is 36.6 Å². The van der Waals surface area contributed by atoms with E-state index >= 15 is 0 Å². The largest absolute Gasteiger partial charge is 0.333 e. The molecule has 4 rings (SSSR count). The summed E-state index contributed by atoms with van der Waals surface area (Å²) in [6.07, 6.45) is 6.13. The predicted octanol–water partition coefficient (Wildman–Crippen LogP) is 4.82. The maximum absolute atomic E-state index is 13.2. The molecule has 142 valence electrons. The van der Waals surface area contributed by atoms with Crippen LogP contribution in [0, 0.1) is 5.82 Å². The first-order valence-electron chi connectivity index (χ1n) is 8.98. The quantitative estimate of drug-likeness (QED) is 0.488. The molecule has 0 saturated heterocycles. The third-order valence-electron chi connectivity index (χ3n) is 4.81. The van der Waals surface area contributed by atoms with Crippen LogP contribution in [0.15, 0.2) is 60.4 Å². The van der Waals surface area contributed by atoms with Crippen LogP contribution >= 0.6 is 11.3 Å². The van der Waals surface area contributed by atoms with Crippen LogP contribution in [0.4, 0.5) is 4.39 Å². The summed E-state index contributed by atoms with van der Waals surface area (Å²) in [6.45, 7) is 2.05. The second-order valence-corrected chi connectivity index (χ2v) is 7.37. The molecule has 1 aromatic carbocycles. The highest BCUT2D eigenvalue weighted by molar-refractivity contribution is 7.15. The van der Waals surface area contributed by atoms with Gasteiger partial charge in [0.1, 0.15) is 11.5 Å². The second-order valence-electron chi connectivity index (χ2n) is 6.53. The van der Waals surface area contributed by atoms with Crippen LogP contribution in [-0.2, 0) is 0 Å². The van der Waals surface area contributed by atoms with Gasteiger partial charge in [-0.2, -0.15) is 0 Å². The van der Waals surface area contributed by atoms with Gasteiger partial charge in [-0.3, -0.25) is 14.2 Å². The minimum atomic E-state index is -0.289. The molecule has 0 aliphatic carbocycles. The number of carbonyl (C=O) groups is 1. The van der Waals surface area contributed by atoms with E-state index in [9.17, 15) is 9.18 Å². The van der Waals surface area contributed by atoms with Crippen molar-refractivity contribution >= 4 is 22.2 Å². The van der Waals surface area contributed by atoms with Crippen molar-refractivity contribution in [2.45, 2.75) is 19.4 Å². The van der Waals surface area contributed by atoms with E-state index in [0.29, 0.717) is 11.4 Å². The van der Waals surface area contributed by atoms with Gasteiger partial charge >= 0.3 is 0 Å². The molecule has 0 bridgehead atoms. The molecular formula is C21H19FN4OS. The van der Waals surface area contributed by atoms with Crippen LogP contribution in [0.25, 0.3) is 16.2 Å². The molecule has 5 nitrogen and oxygen atoms in total. The Bertz CT molecular complexity index is 1100. The fraction of sp³-hybridized carbons (Fsp3) is 0.190. The molecule has 0 radical (unpaired) electrons. The fourth-order valence-corrected chi connectivity index (χ4v) is 4.17. The first-order valence-corrected chi connectivity index (χ1v) is 9.86. The van der Waals surface area contributed by atoms with Gasteiger partial charge in [-0.25, -0.2) is 9.37 Å². The van der Waals surface area contributed by atoms with Gasteiger partial charge in [0.15, 0.2) is 4.96 Å². The molecular weight excluding hydrogens is 375 g/mol. The van der Waals surface area contributed by atoms with Gasteiger partial charge < -0.3 is 4.90 Å². The number of pyridine rings is 1. The van der Waals surface area contributed by atoms with Crippen molar-refractivity contribution in [3.63, 3.8) is 0 Å². The fourth-order valence-electron chi connectivity index (χ4n) is 3.33. The molecule has 4 aromatic rings. The number of benzene rings is 1. The van der Waals surface area contributed by atoms with Crippen LogP contribution in [0.1, 0.15) is 35.4 Å². The molecule has 1 amide bonds. The van der Waals surface area contributed by atoms with Crippen LogP contribution in [0.3, 0.4) is 0 Å². The Morgan fingerprint density at radius 1 is 1.29 bits per heavy atom. The monoisotopic (exact) mass is 394 g/mol. The summed E-state index contributed by atoms with van der Waals surface area (Å²) in [6, 6.07) is 9.99. The highest BCUT2D eigenvalue weighted by atomic mass is 32.1.